The second-order valence-electron chi connectivity index (χ2n) is 5.04. The van der Waals surface area contributed by atoms with Gasteiger partial charge in [0.15, 0.2) is 11.5 Å². The van der Waals surface area contributed by atoms with Crippen molar-refractivity contribution >= 4 is 12.1 Å². The second kappa shape index (κ2) is 5.89. The number of hydrogen-bond donors (Lipinski definition) is 1. The summed E-state index contributed by atoms with van der Waals surface area (Å²) in [6.07, 6.45) is 2.06. The van der Waals surface area contributed by atoms with Gasteiger partial charge in [0.2, 0.25) is 5.91 Å². The van der Waals surface area contributed by atoms with E-state index in [1.165, 1.54) is 18.2 Å². The maximum atomic E-state index is 11.8. The van der Waals surface area contributed by atoms with Crippen molar-refractivity contribution in [2.75, 3.05) is 7.11 Å². The molecule has 1 saturated heterocycles. The largest absolute Gasteiger partial charge is 0.504 e. The summed E-state index contributed by atoms with van der Waals surface area (Å²) in [4.78, 5) is 11.8. The number of phenols is 1. The first-order chi connectivity index (χ1) is 10.7. The predicted molar refractivity (Wildman–Crippen MR) is 82.9 cm³/mol. The van der Waals surface area contributed by atoms with Gasteiger partial charge >= 0.3 is 0 Å². The van der Waals surface area contributed by atoms with E-state index in [0.717, 1.165) is 11.1 Å². The molecule has 0 spiro atoms. The minimum absolute atomic E-state index is 0.00385. The van der Waals surface area contributed by atoms with Gasteiger partial charge in [0.25, 0.3) is 0 Å². The molecule has 0 bridgehead atoms. The van der Waals surface area contributed by atoms with E-state index in [1.54, 1.807) is 18.3 Å². The molecule has 1 atom stereocenters. The monoisotopic (exact) mass is 296 g/mol. The van der Waals surface area contributed by atoms with Gasteiger partial charge in [-0.2, -0.15) is 5.10 Å². The number of hydrogen-bond acceptors (Lipinski definition) is 4. The third-order valence-corrected chi connectivity index (χ3v) is 3.64. The van der Waals surface area contributed by atoms with Crippen LogP contribution in [0.2, 0.25) is 0 Å². The Morgan fingerprint density at radius 3 is 2.73 bits per heavy atom. The highest BCUT2D eigenvalue weighted by atomic mass is 16.5. The van der Waals surface area contributed by atoms with E-state index in [4.69, 9.17) is 4.74 Å². The van der Waals surface area contributed by atoms with E-state index in [0.29, 0.717) is 12.2 Å². The molecule has 1 unspecified atom stereocenters. The molecule has 0 radical (unpaired) electrons. The normalized spacial score (nSPS) is 17.6. The summed E-state index contributed by atoms with van der Waals surface area (Å²) >= 11 is 0. The van der Waals surface area contributed by atoms with Crippen LogP contribution < -0.4 is 4.74 Å². The number of hydrazone groups is 1. The molecule has 0 aliphatic carbocycles. The molecule has 1 aliphatic heterocycles. The lowest BCUT2D eigenvalue weighted by molar-refractivity contribution is -0.146. The molecule has 1 heterocycles. The molecule has 3 rings (SSSR count). The first-order valence-electron chi connectivity index (χ1n) is 6.97. The van der Waals surface area contributed by atoms with E-state index in [-0.39, 0.29) is 17.7 Å². The highest BCUT2D eigenvalue weighted by molar-refractivity contribution is 5.87. The maximum Gasteiger partial charge on any atom is 0.245 e. The van der Waals surface area contributed by atoms with Crippen molar-refractivity contribution in [3.8, 4) is 11.5 Å². The molecule has 1 aliphatic rings. The molecule has 22 heavy (non-hydrogen) atoms. The molecular formula is C17H16N2O3. The van der Waals surface area contributed by atoms with E-state index < -0.39 is 0 Å². The van der Waals surface area contributed by atoms with Gasteiger partial charge in [-0.15, -0.1) is 0 Å². The van der Waals surface area contributed by atoms with Gasteiger partial charge in [-0.3, -0.25) is 4.79 Å². The molecule has 1 N–H and O–H groups in total. The Morgan fingerprint density at radius 2 is 2.05 bits per heavy atom. The lowest BCUT2D eigenvalue weighted by Gasteiger charge is -2.36. The molecule has 1 amide bonds. The molecule has 0 saturated carbocycles. The Labute approximate surface area is 128 Å². The van der Waals surface area contributed by atoms with Crippen LogP contribution in [0, 0.1) is 0 Å². The summed E-state index contributed by atoms with van der Waals surface area (Å²) in [7, 11) is 1.49. The number of methoxy groups -OCH3 is 1. The number of phenolic OH excluding ortho intramolecular Hbond substituents is 1. The molecule has 2 aromatic rings. The lowest BCUT2D eigenvalue weighted by atomic mass is 9.96. The van der Waals surface area contributed by atoms with Crippen molar-refractivity contribution in [1.82, 2.24) is 5.01 Å². The molecule has 5 heteroatoms. The zero-order valence-electron chi connectivity index (χ0n) is 12.1. The topological polar surface area (TPSA) is 62.1 Å². The fourth-order valence-corrected chi connectivity index (χ4v) is 2.39. The Kier molecular flexibility index (Phi) is 3.78. The van der Waals surface area contributed by atoms with E-state index >= 15 is 0 Å². The number of β-lactam (4-membered cyclic amide) rings is 1. The van der Waals surface area contributed by atoms with Crippen molar-refractivity contribution in [1.29, 1.82) is 0 Å². The van der Waals surface area contributed by atoms with Gasteiger partial charge in [-0.1, -0.05) is 30.3 Å². The number of ether oxygens (including phenoxy) is 1. The van der Waals surface area contributed by atoms with Gasteiger partial charge in [0.05, 0.1) is 25.8 Å². The Hall–Kier alpha value is -2.82. The third-order valence-electron chi connectivity index (χ3n) is 3.64. The summed E-state index contributed by atoms with van der Waals surface area (Å²) in [5.41, 5.74) is 1.82. The summed E-state index contributed by atoms with van der Waals surface area (Å²) in [5, 5.41) is 15.3. The molecular weight excluding hydrogens is 280 g/mol. The van der Waals surface area contributed by atoms with Crippen LogP contribution in [0.1, 0.15) is 23.6 Å². The first-order valence-corrected chi connectivity index (χ1v) is 6.97. The zero-order chi connectivity index (χ0) is 15.5. The fourth-order valence-electron chi connectivity index (χ4n) is 2.39. The molecule has 1 fully saturated rings. The summed E-state index contributed by atoms with van der Waals surface area (Å²) < 4.78 is 5.05. The summed E-state index contributed by atoms with van der Waals surface area (Å²) in [5.74, 6) is 0.441. The number of rotatable bonds is 4. The smallest absolute Gasteiger partial charge is 0.245 e. The number of nitrogens with zero attached hydrogens (tertiary/aromatic N) is 2. The Balaban J connectivity index is 1.78. The van der Waals surface area contributed by atoms with Crippen molar-refractivity contribution in [3.05, 3.63) is 59.7 Å². The van der Waals surface area contributed by atoms with Crippen LogP contribution >= 0.6 is 0 Å². The quantitative estimate of drug-likeness (QED) is 0.697. The van der Waals surface area contributed by atoms with Crippen LogP contribution in [0.5, 0.6) is 11.5 Å². The standard InChI is InChI=1S/C17H16N2O3/c1-22-16-9-12(7-8-15(16)20)11-18-19-14(10-17(19)21)13-5-3-2-4-6-13/h2-9,11,14,20H,10H2,1H3. The number of amides is 1. The van der Waals surface area contributed by atoms with Crippen LogP contribution in [-0.2, 0) is 4.79 Å². The van der Waals surface area contributed by atoms with Crippen LogP contribution in [-0.4, -0.2) is 29.3 Å². The van der Waals surface area contributed by atoms with Crippen molar-refractivity contribution in [3.63, 3.8) is 0 Å². The van der Waals surface area contributed by atoms with E-state index in [9.17, 15) is 9.90 Å². The van der Waals surface area contributed by atoms with Gasteiger partial charge in [0.1, 0.15) is 0 Å². The van der Waals surface area contributed by atoms with Gasteiger partial charge in [-0.25, -0.2) is 5.01 Å². The van der Waals surface area contributed by atoms with Gasteiger partial charge < -0.3 is 9.84 Å². The Bertz CT molecular complexity index is 713. The fraction of sp³-hybridized carbons (Fsp3) is 0.176. The number of aromatic hydroxyl groups is 1. The summed E-state index contributed by atoms with van der Waals surface area (Å²) in [6.45, 7) is 0. The number of benzene rings is 2. The minimum Gasteiger partial charge on any atom is -0.504 e. The van der Waals surface area contributed by atoms with Crippen LogP contribution in [0.4, 0.5) is 0 Å². The van der Waals surface area contributed by atoms with Crippen LogP contribution in [0.15, 0.2) is 53.6 Å². The third kappa shape index (κ3) is 2.65. The van der Waals surface area contributed by atoms with E-state index in [1.807, 2.05) is 30.3 Å². The number of carbonyl (C=O) groups is 1. The molecule has 5 nitrogen and oxygen atoms in total. The second-order valence-corrected chi connectivity index (χ2v) is 5.04. The van der Waals surface area contributed by atoms with Crippen LogP contribution in [0.25, 0.3) is 0 Å². The maximum absolute atomic E-state index is 11.8. The highest BCUT2D eigenvalue weighted by Gasteiger charge is 2.37. The van der Waals surface area contributed by atoms with Crippen molar-refractivity contribution < 1.29 is 14.6 Å². The lowest BCUT2D eigenvalue weighted by Crippen LogP contribution is -2.42. The molecule has 0 aromatic heterocycles. The highest BCUT2D eigenvalue weighted by Crippen LogP contribution is 2.34. The van der Waals surface area contributed by atoms with E-state index in [2.05, 4.69) is 5.10 Å². The molecule has 112 valence electrons. The van der Waals surface area contributed by atoms with Crippen LogP contribution in [0.3, 0.4) is 0 Å². The number of carbonyl (C=O) groups excluding carboxylic acids is 1. The van der Waals surface area contributed by atoms with Gasteiger partial charge in [0, 0.05) is 0 Å². The van der Waals surface area contributed by atoms with Crippen molar-refractivity contribution in [2.45, 2.75) is 12.5 Å². The summed E-state index contributed by atoms with van der Waals surface area (Å²) in [6, 6.07) is 14.7. The zero-order valence-corrected chi connectivity index (χ0v) is 12.1. The average molecular weight is 296 g/mol. The molecule has 2 aromatic carbocycles. The Morgan fingerprint density at radius 1 is 1.27 bits per heavy atom. The SMILES string of the molecule is COc1cc(C=NN2C(=O)CC2c2ccccc2)ccc1O. The minimum atomic E-state index is -0.0102. The van der Waals surface area contributed by atoms with Crippen molar-refractivity contribution in [2.24, 2.45) is 5.10 Å². The average Bonchev–Trinajstić information content (AvgIpc) is 2.55. The van der Waals surface area contributed by atoms with Gasteiger partial charge in [-0.05, 0) is 29.3 Å². The predicted octanol–water partition coefficient (Wildman–Crippen LogP) is 2.71. The first kappa shape index (κ1) is 14.1.